The third-order valence-electron chi connectivity index (χ3n) is 7.16. The van der Waals surface area contributed by atoms with Crippen molar-refractivity contribution in [3.8, 4) is 0 Å². The number of carbonyl (C=O) groups excluding carboxylic acids is 2. The zero-order chi connectivity index (χ0) is 29.9. The highest BCUT2D eigenvalue weighted by Crippen LogP contribution is 2.34. The van der Waals surface area contributed by atoms with E-state index in [0.29, 0.717) is 16.5 Å². The van der Waals surface area contributed by atoms with Crippen LogP contribution in [0.4, 0.5) is 14.6 Å². The van der Waals surface area contributed by atoms with Crippen molar-refractivity contribution in [3.63, 3.8) is 0 Å². The van der Waals surface area contributed by atoms with Gasteiger partial charge in [-0.15, -0.1) is 0 Å². The average Bonchev–Trinajstić information content (AvgIpc) is 2.91. The largest absolute Gasteiger partial charge is 0.460 e. The molecule has 0 spiro atoms. The summed E-state index contributed by atoms with van der Waals surface area (Å²) in [6, 6.07) is 7.56. The van der Waals surface area contributed by atoms with Crippen LogP contribution >= 0.6 is 27.5 Å². The van der Waals surface area contributed by atoms with Crippen LogP contribution in [-0.4, -0.2) is 42.1 Å². The van der Waals surface area contributed by atoms with E-state index in [9.17, 15) is 14.0 Å². The Morgan fingerprint density at radius 1 is 1.12 bits per heavy atom. The van der Waals surface area contributed by atoms with Crippen molar-refractivity contribution < 1.29 is 23.1 Å². The molecule has 41 heavy (non-hydrogen) atoms. The van der Waals surface area contributed by atoms with Crippen molar-refractivity contribution in [2.45, 2.75) is 71.3 Å². The van der Waals surface area contributed by atoms with E-state index in [-0.39, 0.29) is 35.9 Å². The van der Waals surface area contributed by atoms with Gasteiger partial charge in [0.2, 0.25) is 0 Å². The van der Waals surface area contributed by atoms with E-state index in [0.717, 1.165) is 60.3 Å². The third kappa shape index (κ3) is 7.55. The van der Waals surface area contributed by atoms with Gasteiger partial charge < -0.3 is 15.0 Å². The molecule has 0 radical (unpaired) electrons. The quantitative estimate of drug-likeness (QED) is 0.199. The molecule has 10 heteroatoms. The number of benzene rings is 2. The Kier molecular flexibility index (Phi) is 9.90. The molecule has 1 fully saturated rings. The molecule has 1 unspecified atom stereocenters. The van der Waals surface area contributed by atoms with Crippen LogP contribution in [0.1, 0.15) is 80.3 Å². The second-order valence-corrected chi connectivity index (χ2v) is 12.7. The lowest BCUT2D eigenvalue weighted by molar-refractivity contribution is -0.155. The molecular formula is C31H35BrClF2N3O3. The van der Waals surface area contributed by atoms with Crippen molar-refractivity contribution in [1.82, 2.24) is 10.3 Å². The molecule has 1 aliphatic rings. The Balaban J connectivity index is 1.67. The number of anilines is 1. The Morgan fingerprint density at radius 3 is 2.49 bits per heavy atom. The number of pyridine rings is 1. The third-order valence-corrected chi connectivity index (χ3v) is 8.04. The molecule has 3 aromatic rings. The summed E-state index contributed by atoms with van der Waals surface area (Å²) >= 11 is 9.71. The van der Waals surface area contributed by atoms with Crippen LogP contribution in [0.5, 0.6) is 0 Å². The van der Waals surface area contributed by atoms with Gasteiger partial charge in [0.1, 0.15) is 23.1 Å². The SMILES string of the molecule is Cc1c(N2CCCCC2)nc2ccc(Br)cc2c1C(=O)NCC(CCC(=O)OC(C)(C)C)c1c(F)ccc(F)c1Cl. The number of ether oxygens (including phenoxy) is 1. The van der Waals surface area contributed by atoms with Crippen LogP contribution in [0, 0.1) is 18.6 Å². The Morgan fingerprint density at radius 2 is 1.80 bits per heavy atom. The van der Waals surface area contributed by atoms with Gasteiger partial charge in [0.25, 0.3) is 5.91 Å². The van der Waals surface area contributed by atoms with Gasteiger partial charge in [0.15, 0.2) is 0 Å². The number of nitrogens with zero attached hydrogens (tertiary/aromatic N) is 2. The fourth-order valence-corrected chi connectivity index (χ4v) is 5.95. The standard InChI is InChI=1S/C31H35BrClF2N3O3/c1-18-26(21-16-20(32)9-12-24(21)37-29(18)38-14-6-5-7-15-38)30(40)36-17-19(8-13-25(39)41-31(2,3)4)27-22(34)10-11-23(35)28(27)33/h9-12,16,19H,5-8,13-15,17H2,1-4H3,(H,36,40). The number of amides is 1. The van der Waals surface area contributed by atoms with Crippen LogP contribution in [0.15, 0.2) is 34.8 Å². The van der Waals surface area contributed by atoms with Crippen molar-refractivity contribution in [1.29, 1.82) is 0 Å². The van der Waals surface area contributed by atoms with E-state index in [1.54, 1.807) is 20.8 Å². The van der Waals surface area contributed by atoms with Crippen molar-refractivity contribution in [3.05, 3.63) is 68.2 Å². The van der Waals surface area contributed by atoms with Crippen LogP contribution in [0.3, 0.4) is 0 Å². The first-order valence-electron chi connectivity index (χ1n) is 13.8. The number of aromatic nitrogens is 1. The number of rotatable bonds is 8. The van der Waals surface area contributed by atoms with Gasteiger partial charge >= 0.3 is 5.97 Å². The maximum atomic E-state index is 15.0. The first-order valence-corrected chi connectivity index (χ1v) is 15.0. The molecule has 4 rings (SSSR count). The molecule has 0 saturated carbocycles. The number of hydrogen-bond acceptors (Lipinski definition) is 5. The van der Waals surface area contributed by atoms with E-state index < -0.39 is 29.1 Å². The van der Waals surface area contributed by atoms with E-state index >= 15 is 4.39 Å². The van der Waals surface area contributed by atoms with E-state index in [4.69, 9.17) is 21.3 Å². The number of hydrogen-bond donors (Lipinski definition) is 1. The predicted octanol–water partition coefficient (Wildman–Crippen LogP) is 7.86. The maximum Gasteiger partial charge on any atom is 0.306 e. The van der Waals surface area contributed by atoms with Crippen molar-refractivity contribution in [2.75, 3.05) is 24.5 Å². The summed E-state index contributed by atoms with van der Waals surface area (Å²) in [6.07, 6.45) is 3.30. The summed E-state index contributed by atoms with van der Waals surface area (Å²) in [6.45, 7) is 8.80. The summed E-state index contributed by atoms with van der Waals surface area (Å²) in [5, 5.41) is 3.24. The lowest BCUT2D eigenvalue weighted by Gasteiger charge is -2.30. The van der Waals surface area contributed by atoms with Crippen LogP contribution < -0.4 is 10.2 Å². The minimum Gasteiger partial charge on any atom is -0.460 e. The van der Waals surface area contributed by atoms with Gasteiger partial charge in [-0.05, 0) is 83.7 Å². The lowest BCUT2D eigenvalue weighted by atomic mass is 9.92. The molecule has 1 atom stereocenters. The van der Waals surface area contributed by atoms with Gasteiger partial charge in [0.05, 0.1) is 16.1 Å². The van der Waals surface area contributed by atoms with Crippen LogP contribution in [-0.2, 0) is 9.53 Å². The van der Waals surface area contributed by atoms with Crippen molar-refractivity contribution >= 4 is 56.1 Å². The fourth-order valence-electron chi connectivity index (χ4n) is 5.28. The predicted molar refractivity (Wildman–Crippen MR) is 162 cm³/mol. The first-order chi connectivity index (χ1) is 19.4. The molecule has 2 heterocycles. The number of esters is 1. The normalized spacial score (nSPS) is 14.7. The number of halogens is 4. The molecular weight excluding hydrogens is 616 g/mol. The zero-order valence-electron chi connectivity index (χ0n) is 23.8. The Hall–Kier alpha value is -2.78. The maximum absolute atomic E-state index is 15.0. The molecule has 1 N–H and O–H groups in total. The zero-order valence-corrected chi connectivity index (χ0v) is 26.1. The topological polar surface area (TPSA) is 71.5 Å². The van der Waals surface area contributed by atoms with Crippen LogP contribution in [0.25, 0.3) is 10.9 Å². The molecule has 1 amide bonds. The highest BCUT2D eigenvalue weighted by molar-refractivity contribution is 9.10. The second kappa shape index (κ2) is 13.0. The first kappa shape index (κ1) is 31.2. The minimum atomic E-state index is -0.781. The van der Waals surface area contributed by atoms with Gasteiger partial charge in [-0.25, -0.2) is 13.8 Å². The number of nitrogens with one attached hydrogen (secondary N) is 1. The average molecular weight is 651 g/mol. The summed E-state index contributed by atoms with van der Waals surface area (Å²) in [7, 11) is 0. The van der Waals surface area contributed by atoms with Gasteiger partial charge in [-0.1, -0.05) is 27.5 Å². The summed E-state index contributed by atoms with van der Waals surface area (Å²) < 4.78 is 35.6. The lowest BCUT2D eigenvalue weighted by Crippen LogP contribution is -2.33. The summed E-state index contributed by atoms with van der Waals surface area (Å²) in [5.74, 6) is -2.35. The summed E-state index contributed by atoms with van der Waals surface area (Å²) in [4.78, 5) is 33.4. The van der Waals surface area contributed by atoms with E-state index in [1.165, 1.54) is 0 Å². The Labute approximate surface area is 252 Å². The monoisotopic (exact) mass is 649 g/mol. The molecule has 2 aromatic carbocycles. The van der Waals surface area contributed by atoms with E-state index in [1.807, 2.05) is 25.1 Å². The molecule has 1 saturated heterocycles. The molecule has 1 aliphatic heterocycles. The van der Waals surface area contributed by atoms with Gasteiger partial charge in [0, 0.05) is 53.0 Å². The molecule has 0 bridgehead atoms. The minimum absolute atomic E-state index is 0.0621. The van der Waals surface area contributed by atoms with Gasteiger partial charge in [-0.2, -0.15) is 0 Å². The second-order valence-electron chi connectivity index (χ2n) is 11.4. The fraction of sp³-hybridized carbons (Fsp3) is 0.452. The number of piperidine rings is 1. The number of fused-ring (bicyclic) bond motifs is 1. The van der Waals surface area contributed by atoms with Crippen LogP contribution in [0.2, 0.25) is 5.02 Å². The van der Waals surface area contributed by atoms with E-state index in [2.05, 4.69) is 26.1 Å². The summed E-state index contributed by atoms with van der Waals surface area (Å²) in [5.41, 5.74) is 1.13. The Bertz CT molecular complexity index is 1460. The highest BCUT2D eigenvalue weighted by Gasteiger charge is 2.27. The molecule has 220 valence electrons. The highest BCUT2D eigenvalue weighted by atomic mass is 79.9. The molecule has 6 nitrogen and oxygen atoms in total. The number of carbonyl (C=O) groups is 2. The van der Waals surface area contributed by atoms with Gasteiger partial charge in [-0.3, -0.25) is 9.59 Å². The smallest absolute Gasteiger partial charge is 0.306 e. The molecule has 0 aliphatic carbocycles. The van der Waals surface area contributed by atoms with Crippen molar-refractivity contribution in [2.24, 2.45) is 0 Å². The molecule has 1 aromatic heterocycles.